The quantitative estimate of drug-likeness (QED) is 0.0345. The molecular weight excluding hydrogens is 1550 g/mol. The van der Waals surface area contributed by atoms with Crippen LogP contribution >= 0.6 is 22.7 Å². The molecule has 0 spiro atoms. The van der Waals surface area contributed by atoms with Crippen molar-refractivity contribution in [1.29, 1.82) is 0 Å². The van der Waals surface area contributed by atoms with Crippen LogP contribution in [0.15, 0.2) is 157 Å². The molecule has 10 aromatic rings. The zero-order chi connectivity index (χ0) is 83.9. The SMILES string of the molecule is C.CCCCCCc1c[nH]c(-c2cncc(OC[C@@H]3CCN3C)c2)c1.CCCCCCc1ccc(-c2cncc(OC[C@@H]3CCN3C)c2)[nH]1.CCCCCCc1ccc(-c2cncc(OC[C@@H]3CCN3C)c2)s1.CCCCCCc1coc(-c2cncc(OC[C@@H]3CCN3C)c2)c1.CN1CC[C@H]1COc1cncc(-c2cc(CCCCCF)cs2)c1. The largest absolute Gasteiger partial charge is 0.490 e. The third kappa shape index (κ3) is 31.5. The van der Waals surface area contributed by atoms with Crippen molar-refractivity contribution < 1.29 is 32.5 Å². The molecule has 658 valence electrons. The molecule has 5 atom stereocenters. The maximum absolute atomic E-state index is 12.1. The first-order chi connectivity index (χ1) is 58.8. The molecule has 0 aromatic carbocycles. The Kier molecular flexibility index (Phi) is 41.1. The van der Waals surface area contributed by atoms with Gasteiger partial charge in [-0.3, -0.25) is 53.8 Å². The molecular formula is C100H143FN12O6S2. The average molecular weight is 1690 g/mol. The van der Waals surface area contributed by atoms with Crippen LogP contribution in [-0.2, 0) is 32.1 Å². The van der Waals surface area contributed by atoms with Crippen molar-refractivity contribution in [3.05, 3.63) is 180 Å². The average Bonchev–Trinajstić information content (AvgIpc) is 1.67. The number of aryl methyl sites for hydroxylation is 5. The summed E-state index contributed by atoms with van der Waals surface area (Å²) in [6.07, 6.45) is 57.5. The highest BCUT2D eigenvalue weighted by molar-refractivity contribution is 7.15. The Labute approximate surface area is 732 Å². The van der Waals surface area contributed by atoms with E-state index in [-0.39, 0.29) is 14.1 Å². The van der Waals surface area contributed by atoms with Crippen LogP contribution in [0.2, 0.25) is 0 Å². The lowest BCUT2D eigenvalue weighted by molar-refractivity contribution is 0.0767. The van der Waals surface area contributed by atoms with E-state index in [9.17, 15) is 4.39 Å². The molecule has 5 aliphatic heterocycles. The fraction of sp³-hybridized carbons (Fsp3) is 0.550. The summed E-state index contributed by atoms with van der Waals surface area (Å²) in [4.78, 5) is 44.2. The minimum absolute atomic E-state index is 0. The Hall–Kier alpha value is -8.28. The number of halogens is 1. The first-order valence-corrected chi connectivity index (χ1v) is 47.1. The number of rotatable bonds is 45. The summed E-state index contributed by atoms with van der Waals surface area (Å²) in [6, 6.07) is 28.5. The predicted molar refractivity (Wildman–Crippen MR) is 499 cm³/mol. The highest BCUT2D eigenvalue weighted by Crippen LogP contribution is 2.35. The van der Waals surface area contributed by atoms with Crippen LogP contribution in [0.3, 0.4) is 0 Å². The number of hydrogen-bond acceptors (Lipinski definition) is 18. The smallest absolute Gasteiger partial charge is 0.138 e. The molecule has 5 aliphatic rings. The van der Waals surface area contributed by atoms with Crippen molar-refractivity contribution in [2.45, 2.75) is 252 Å². The number of likely N-dealkylation sites (N-methyl/N-ethyl adjacent to an activating group) is 5. The lowest BCUT2D eigenvalue weighted by Crippen LogP contribution is -2.48. The van der Waals surface area contributed by atoms with E-state index in [1.165, 1.54) is 210 Å². The van der Waals surface area contributed by atoms with Crippen LogP contribution in [0.4, 0.5) is 4.39 Å². The summed E-state index contributed by atoms with van der Waals surface area (Å²) in [5, 5.41) is 2.20. The second-order valence-corrected chi connectivity index (χ2v) is 35.8. The molecule has 5 saturated heterocycles. The van der Waals surface area contributed by atoms with Crippen molar-refractivity contribution in [2.75, 3.05) is 108 Å². The molecule has 21 heteroatoms. The second kappa shape index (κ2) is 52.4. The normalized spacial score (nSPS) is 17.5. The standard InChI is InChI=1S/2C20H29N3O.C20H28N2O2.C20H28N2OS.C19H25FN2OS.CH4/c1-3-4-5-6-7-16-10-20(22-12-16)17-11-19(14-21-13-17)24-15-18-8-9-23(18)2;1-3-4-5-6-7-17-8-9-20(22-17)16-12-19(14-21-13-16)24-15-18-10-11-23(18)2;1-3-4-5-6-7-16-10-20(24-14-16)17-11-19(13-21-12-17)23-15-18-8-9-22(18)2;1-3-4-5-6-7-19-8-9-20(24-19)16-12-18(14-21-13-16)23-15-17-10-11-22(17)2;1-22-8-6-17(22)13-23-18-10-16(11-21-12-18)19-9-15(14-24-19)5-3-2-4-7-20;/h10-14,18,22H,3-9,15H2,1-2H3;8-9,12-14,18,22H,3-7,10-11,15H2,1-2H3;10-14,18H,3-9,15H2,1-2H3;8-9,12-14,17H,3-7,10-11,15H2,1-2H3;9-12,14,17H,2-8,13H2,1H3;1H4/t3*18-;2*17-;/m00000./s1. The number of nitrogens with one attached hydrogen (secondary N) is 2. The van der Waals surface area contributed by atoms with Crippen LogP contribution in [0, 0.1) is 0 Å². The number of furan rings is 1. The Morgan fingerprint density at radius 2 is 0.785 bits per heavy atom. The topological polar surface area (TPSA) is 172 Å². The molecule has 15 heterocycles. The van der Waals surface area contributed by atoms with Crippen LogP contribution < -0.4 is 23.7 Å². The number of unbranched alkanes of at least 4 members (excludes halogenated alkanes) is 14. The minimum atomic E-state index is -0.204. The molecule has 0 bridgehead atoms. The first kappa shape index (κ1) is 95.0. The molecule has 2 N–H and O–H groups in total. The molecule has 18 nitrogen and oxygen atoms in total. The van der Waals surface area contributed by atoms with Crippen molar-refractivity contribution in [1.82, 2.24) is 59.4 Å². The summed E-state index contributed by atoms with van der Waals surface area (Å²) >= 11 is 3.63. The number of aromatic nitrogens is 7. The zero-order valence-electron chi connectivity index (χ0n) is 73.7. The predicted octanol–water partition coefficient (Wildman–Crippen LogP) is 23.3. The fourth-order valence-electron chi connectivity index (χ4n) is 15.1. The monoisotopic (exact) mass is 1690 g/mol. The Balaban J connectivity index is 0.000000158. The van der Waals surface area contributed by atoms with E-state index >= 15 is 0 Å². The molecule has 0 amide bonds. The second-order valence-electron chi connectivity index (χ2n) is 33.7. The number of H-pyrrole nitrogens is 2. The van der Waals surface area contributed by atoms with Gasteiger partial charge in [0.25, 0.3) is 0 Å². The molecule has 5 fully saturated rings. The van der Waals surface area contributed by atoms with E-state index in [1.807, 2.05) is 60.8 Å². The molecule has 10 aromatic heterocycles. The number of ether oxygens (including phenoxy) is 5. The van der Waals surface area contributed by atoms with Gasteiger partial charge in [0.1, 0.15) is 67.5 Å². The number of pyridine rings is 5. The fourth-order valence-corrected chi connectivity index (χ4v) is 17.1. The highest BCUT2D eigenvalue weighted by atomic mass is 32.1. The van der Waals surface area contributed by atoms with E-state index in [4.69, 9.17) is 28.1 Å². The van der Waals surface area contributed by atoms with Crippen molar-refractivity contribution >= 4 is 22.7 Å². The summed E-state index contributed by atoms with van der Waals surface area (Å²) in [5.41, 5.74) is 13.0. The van der Waals surface area contributed by atoms with Crippen LogP contribution in [0.5, 0.6) is 28.7 Å². The van der Waals surface area contributed by atoms with Gasteiger partial charge in [-0.2, -0.15) is 0 Å². The molecule has 0 unspecified atom stereocenters. The number of thiophene rings is 2. The number of nitrogens with zero attached hydrogens (tertiary/aromatic N) is 10. The van der Waals surface area contributed by atoms with Crippen molar-refractivity contribution in [3.8, 4) is 83.5 Å². The van der Waals surface area contributed by atoms with Gasteiger partial charge in [-0.25, -0.2) is 0 Å². The number of alkyl halides is 1. The van der Waals surface area contributed by atoms with Gasteiger partial charge in [0.05, 0.1) is 43.9 Å². The third-order valence-electron chi connectivity index (χ3n) is 24.2. The van der Waals surface area contributed by atoms with Gasteiger partial charge < -0.3 is 38.1 Å². The van der Waals surface area contributed by atoms with Gasteiger partial charge in [-0.15, -0.1) is 22.7 Å². The van der Waals surface area contributed by atoms with E-state index in [0.29, 0.717) is 36.6 Å². The van der Waals surface area contributed by atoms with Gasteiger partial charge in [-0.05, 0) is 266 Å². The van der Waals surface area contributed by atoms with Crippen LogP contribution in [0.1, 0.15) is 216 Å². The van der Waals surface area contributed by atoms with E-state index < -0.39 is 0 Å². The van der Waals surface area contributed by atoms with Gasteiger partial charge in [0, 0.05) is 127 Å². The highest BCUT2D eigenvalue weighted by Gasteiger charge is 2.29. The molecule has 15 rings (SSSR count). The summed E-state index contributed by atoms with van der Waals surface area (Å²) < 4.78 is 47.4. The van der Waals surface area contributed by atoms with Crippen LogP contribution in [0.25, 0.3) is 54.7 Å². The lowest BCUT2D eigenvalue weighted by Gasteiger charge is -2.37. The lowest BCUT2D eigenvalue weighted by atomic mass is 10.1. The maximum atomic E-state index is 12.1. The molecule has 121 heavy (non-hydrogen) atoms. The number of likely N-dealkylation sites (tertiary alicyclic amines) is 5. The summed E-state index contributed by atoms with van der Waals surface area (Å²) in [5.74, 6) is 5.11. The number of aromatic amines is 2. The summed E-state index contributed by atoms with van der Waals surface area (Å²) in [6.45, 7) is 18.4. The van der Waals surface area contributed by atoms with Crippen molar-refractivity contribution in [3.63, 3.8) is 0 Å². The van der Waals surface area contributed by atoms with Gasteiger partial charge in [-0.1, -0.05) is 119 Å². The van der Waals surface area contributed by atoms with Crippen molar-refractivity contribution in [2.24, 2.45) is 0 Å². The maximum Gasteiger partial charge on any atom is 0.138 e. The van der Waals surface area contributed by atoms with E-state index in [0.717, 1.165) is 146 Å². The Morgan fingerprint density at radius 3 is 1.23 bits per heavy atom. The third-order valence-corrected chi connectivity index (χ3v) is 26.4. The van der Waals surface area contributed by atoms with Gasteiger partial charge in [0.15, 0.2) is 0 Å². The van der Waals surface area contributed by atoms with Crippen LogP contribution in [-0.4, -0.2) is 197 Å². The number of hydrogen-bond donors (Lipinski definition) is 2. The molecule has 0 saturated carbocycles. The molecule has 0 radical (unpaired) electrons. The van der Waals surface area contributed by atoms with E-state index in [2.05, 4.69) is 201 Å². The minimum Gasteiger partial charge on any atom is -0.490 e. The van der Waals surface area contributed by atoms with Gasteiger partial charge in [0.2, 0.25) is 0 Å². The van der Waals surface area contributed by atoms with E-state index in [1.54, 1.807) is 36.1 Å². The first-order valence-electron chi connectivity index (χ1n) is 45.4. The summed E-state index contributed by atoms with van der Waals surface area (Å²) in [7, 11) is 10.7. The molecule has 0 aliphatic carbocycles. The van der Waals surface area contributed by atoms with Gasteiger partial charge >= 0.3 is 0 Å². The Bertz CT molecular complexity index is 3850. The Morgan fingerprint density at radius 1 is 0.388 bits per heavy atom. The zero-order valence-corrected chi connectivity index (χ0v) is 75.4.